The summed E-state index contributed by atoms with van der Waals surface area (Å²) in [7, 11) is 0. The molecule has 0 spiro atoms. The van der Waals surface area contributed by atoms with Crippen molar-refractivity contribution in [3.05, 3.63) is 47.3 Å². The second-order valence-corrected chi connectivity index (χ2v) is 7.09. The lowest BCUT2D eigenvalue weighted by atomic mass is 10.2. The number of nitrogens with zero attached hydrogens (tertiary/aromatic N) is 3. The number of aromatic nitrogens is 3. The largest absolute Gasteiger partial charge is 0.417 e. The van der Waals surface area contributed by atoms with Crippen LogP contribution in [0.4, 0.5) is 18.9 Å². The van der Waals surface area contributed by atoms with E-state index in [1.54, 1.807) is 24.5 Å². The Bertz CT molecular complexity index is 822. The van der Waals surface area contributed by atoms with Crippen LogP contribution >= 0.6 is 23.4 Å². The molecule has 1 heterocycles. The van der Waals surface area contributed by atoms with Crippen molar-refractivity contribution in [3.8, 4) is 0 Å². The first kappa shape index (κ1) is 20.3. The lowest BCUT2D eigenvalue weighted by molar-refractivity contribution is -0.137. The van der Waals surface area contributed by atoms with Crippen LogP contribution in [0.25, 0.3) is 0 Å². The van der Waals surface area contributed by atoms with Gasteiger partial charge >= 0.3 is 6.18 Å². The molecular formula is C16H16ClF3N4OS. The predicted octanol–water partition coefficient (Wildman–Crippen LogP) is 4.56. The summed E-state index contributed by atoms with van der Waals surface area (Å²) >= 11 is 6.73. The van der Waals surface area contributed by atoms with Crippen molar-refractivity contribution >= 4 is 35.0 Å². The second-order valence-electron chi connectivity index (χ2n) is 5.37. The third kappa shape index (κ3) is 4.79. The number of allylic oxidation sites excluding steroid dienone is 1. The number of alkyl halides is 3. The number of nitrogens with one attached hydrogen (secondary N) is 1. The minimum Gasteiger partial charge on any atom is -0.325 e. The van der Waals surface area contributed by atoms with Crippen molar-refractivity contribution in [2.75, 3.05) is 5.32 Å². The summed E-state index contributed by atoms with van der Waals surface area (Å²) in [6, 6.07) is 3.22. The number of hydrogen-bond acceptors (Lipinski definition) is 4. The molecule has 0 radical (unpaired) electrons. The van der Waals surface area contributed by atoms with E-state index in [-0.39, 0.29) is 5.69 Å². The lowest BCUT2D eigenvalue weighted by Crippen LogP contribution is -2.23. The fraction of sp³-hybridized carbons (Fsp3) is 0.312. The molecule has 0 bridgehead atoms. The lowest BCUT2D eigenvalue weighted by Gasteiger charge is -2.14. The molecule has 140 valence electrons. The third-order valence-corrected chi connectivity index (χ3v) is 4.81. The molecule has 2 aromatic rings. The Kier molecular flexibility index (Phi) is 6.35. The van der Waals surface area contributed by atoms with Crippen LogP contribution in [0.5, 0.6) is 0 Å². The number of carbonyl (C=O) groups is 1. The normalized spacial score (nSPS) is 12.7. The monoisotopic (exact) mass is 404 g/mol. The highest BCUT2D eigenvalue weighted by molar-refractivity contribution is 8.00. The molecule has 2 rings (SSSR count). The van der Waals surface area contributed by atoms with Gasteiger partial charge in [0.05, 0.1) is 15.8 Å². The van der Waals surface area contributed by atoms with E-state index in [4.69, 9.17) is 11.6 Å². The van der Waals surface area contributed by atoms with Gasteiger partial charge in [0.25, 0.3) is 0 Å². The van der Waals surface area contributed by atoms with Gasteiger partial charge in [-0.25, -0.2) is 0 Å². The number of amides is 1. The summed E-state index contributed by atoms with van der Waals surface area (Å²) in [4.78, 5) is 12.3. The van der Waals surface area contributed by atoms with Crippen molar-refractivity contribution in [1.29, 1.82) is 0 Å². The van der Waals surface area contributed by atoms with Crippen LogP contribution in [0, 0.1) is 6.92 Å². The van der Waals surface area contributed by atoms with E-state index in [1.165, 1.54) is 6.07 Å². The fourth-order valence-electron chi connectivity index (χ4n) is 2.06. The molecular weight excluding hydrogens is 389 g/mol. The molecule has 0 aliphatic rings. The number of aryl methyl sites for hydroxylation is 1. The number of halogens is 4. The van der Waals surface area contributed by atoms with Crippen molar-refractivity contribution < 1.29 is 18.0 Å². The summed E-state index contributed by atoms with van der Waals surface area (Å²) in [5.41, 5.74) is -0.985. The van der Waals surface area contributed by atoms with Crippen LogP contribution in [0.1, 0.15) is 18.3 Å². The average Bonchev–Trinajstić information content (AvgIpc) is 2.89. The van der Waals surface area contributed by atoms with Gasteiger partial charge in [-0.3, -0.25) is 4.79 Å². The van der Waals surface area contributed by atoms with Crippen molar-refractivity contribution in [1.82, 2.24) is 14.8 Å². The molecule has 0 unspecified atom stereocenters. The predicted molar refractivity (Wildman–Crippen MR) is 95.4 cm³/mol. The van der Waals surface area contributed by atoms with Crippen LogP contribution in [0.3, 0.4) is 0 Å². The number of thioether (sulfide) groups is 1. The van der Waals surface area contributed by atoms with E-state index in [0.717, 1.165) is 23.9 Å². The van der Waals surface area contributed by atoms with Gasteiger partial charge in [0.15, 0.2) is 5.16 Å². The van der Waals surface area contributed by atoms with E-state index in [1.807, 2.05) is 0 Å². The molecule has 1 N–H and O–H groups in total. The van der Waals surface area contributed by atoms with Crippen LogP contribution in [-0.2, 0) is 17.5 Å². The highest BCUT2D eigenvalue weighted by atomic mass is 35.5. The molecule has 5 nitrogen and oxygen atoms in total. The minimum absolute atomic E-state index is 0.0166. The Balaban J connectivity index is 2.12. The van der Waals surface area contributed by atoms with Gasteiger partial charge in [-0.05, 0) is 32.0 Å². The summed E-state index contributed by atoms with van der Waals surface area (Å²) in [5.74, 6) is 0.212. The molecule has 0 saturated heterocycles. The van der Waals surface area contributed by atoms with E-state index in [2.05, 4.69) is 22.1 Å². The summed E-state index contributed by atoms with van der Waals surface area (Å²) < 4.78 is 40.5. The quantitative estimate of drug-likeness (QED) is 0.566. The van der Waals surface area contributed by atoms with Crippen LogP contribution in [-0.4, -0.2) is 25.9 Å². The van der Waals surface area contributed by atoms with Gasteiger partial charge in [-0.1, -0.05) is 29.4 Å². The Hall–Kier alpha value is -2.00. The average molecular weight is 405 g/mol. The SMILES string of the molecule is C=CCn1c(C)nnc1S[C@H](C)C(=O)Nc1ccc(Cl)c(C(F)(F)F)c1. The Morgan fingerprint density at radius 3 is 2.77 bits per heavy atom. The summed E-state index contributed by atoms with van der Waals surface area (Å²) in [5, 5.41) is 9.92. The summed E-state index contributed by atoms with van der Waals surface area (Å²) in [6.07, 6.45) is -2.92. The van der Waals surface area contributed by atoms with Gasteiger partial charge < -0.3 is 9.88 Å². The first-order valence-corrected chi connectivity index (χ1v) is 8.74. The molecule has 0 saturated carbocycles. The zero-order chi connectivity index (χ0) is 19.5. The van der Waals surface area contributed by atoms with Crippen LogP contribution in [0.15, 0.2) is 36.0 Å². The zero-order valence-corrected chi connectivity index (χ0v) is 15.5. The maximum atomic E-state index is 12.9. The number of hydrogen-bond donors (Lipinski definition) is 1. The maximum Gasteiger partial charge on any atom is 0.417 e. The standard InChI is InChI=1S/C16H16ClF3N4OS/c1-4-7-24-10(3)22-23-15(24)26-9(2)14(25)21-11-5-6-13(17)12(8-11)16(18,19)20/h4-6,8-9H,1,7H2,2-3H3,(H,21,25)/t9-/m1/s1. The van der Waals surface area contributed by atoms with Gasteiger partial charge in [0, 0.05) is 12.2 Å². The van der Waals surface area contributed by atoms with Crippen LogP contribution < -0.4 is 5.32 Å². The van der Waals surface area contributed by atoms with Gasteiger partial charge in [0.2, 0.25) is 5.91 Å². The molecule has 0 fully saturated rings. The Morgan fingerprint density at radius 1 is 1.46 bits per heavy atom. The molecule has 0 aliphatic carbocycles. The molecule has 1 amide bonds. The van der Waals surface area contributed by atoms with Crippen molar-refractivity contribution in [2.45, 2.75) is 37.0 Å². The van der Waals surface area contributed by atoms with Crippen molar-refractivity contribution in [2.24, 2.45) is 0 Å². The molecule has 0 aliphatic heterocycles. The first-order valence-electron chi connectivity index (χ1n) is 7.48. The highest BCUT2D eigenvalue weighted by Gasteiger charge is 2.33. The van der Waals surface area contributed by atoms with Gasteiger partial charge in [-0.2, -0.15) is 13.2 Å². The van der Waals surface area contributed by atoms with E-state index >= 15 is 0 Å². The smallest absolute Gasteiger partial charge is 0.325 e. The molecule has 1 aromatic heterocycles. The first-order chi connectivity index (χ1) is 12.1. The number of rotatable bonds is 6. The van der Waals surface area contributed by atoms with E-state index in [9.17, 15) is 18.0 Å². The molecule has 26 heavy (non-hydrogen) atoms. The number of anilines is 1. The second kappa shape index (κ2) is 8.13. The topological polar surface area (TPSA) is 59.8 Å². The Labute approximate surface area is 157 Å². The van der Waals surface area contributed by atoms with Gasteiger partial charge in [-0.15, -0.1) is 16.8 Å². The third-order valence-electron chi connectivity index (χ3n) is 3.40. The number of carbonyl (C=O) groups excluding carboxylic acids is 1. The van der Waals surface area contributed by atoms with Gasteiger partial charge in [0.1, 0.15) is 5.82 Å². The molecule has 1 atom stereocenters. The number of benzene rings is 1. The highest BCUT2D eigenvalue weighted by Crippen LogP contribution is 2.36. The maximum absolute atomic E-state index is 12.9. The summed E-state index contributed by atoms with van der Waals surface area (Å²) in [6.45, 7) is 7.55. The fourth-order valence-corrected chi connectivity index (χ4v) is 3.19. The molecule has 1 aromatic carbocycles. The van der Waals surface area contributed by atoms with E-state index in [0.29, 0.717) is 17.5 Å². The zero-order valence-electron chi connectivity index (χ0n) is 14.0. The van der Waals surface area contributed by atoms with E-state index < -0.39 is 27.9 Å². The molecule has 10 heteroatoms. The van der Waals surface area contributed by atoms with Crippen molar-refractivity contribution in [3.63, 3.8) is 0 Å². The Morgan fingerprint density at radius 2 is 2.15 bits per heavy atom. The minimum atomic E-state index is -4.60. The van der Waals surface area contributed by atoms with Crippen LogP contribution in [0.2, 0.25) is 5.02 Å².